The first kappa shape index (κ1) is 19.6. The van der Waals surface area contributed by atoms with Crippen LogP contribution in [0.5, 0.6) is 0 Å². The SMILES string of the molecule is CCn1c(SCC(=O)NC(C)c2nc(-c3ccncc3)cs2)nc2ccccc21. The van der Waals surface area contributed by atoms with E-state index >= 15 is 0 Å². The van der Waals surface area contributed by atoms with E-state index in [0.717, 1.165) is 39.0 Å². The summed E-state index contributed by atoms with van der Waals surface area (Å²) in [5, 5.41) is 6.80. The molecule has 0 saturated heterocycles. The first-order chi connectivity index (χ1) is 14.2. The number of fused-ring (bicyclic) bond motifs is 1. The lowest BCUT2D eigenvalue weighted by molar-refractivity contribution is -0.119. The van der Waals surface area contributed by atoms with E-state index in [4.69, 9.17) is 0 Å². The number of carbonyl (C=O) groups excluding carboxylic acids is 1. The monoisotopic (exact) mass is 423 g/mol. The molecule has 0 spiro atoms. The van der Waals surface area contributed by atoms with Gasteiger partial charge in [-0.3, -0.25) is 9.78 Å². The highest BCUT2D eigenvalue weighted by molar-refractivity contribution is 7.99. The Kier molecular flexibility index (Phi) is 5.92. The Morgan fingerprint density at radius 3 is 2.79 bits per heavy atom. The fourth-order valence-electron chi connectivity index (χ4n) is 3.09. The van der Waals surface area contributed by atoms with Gasteiger partial charge in [0, 0.05) is 29.9 Å². The maximum atomic E-state index is 12.5. The van der Waals surface area contributed by atoms with Gasteiger partial charge in [-0.1, -0.05) is 23.9 Å². The van der Waals surface area contributed by atoms with Crippen LogP contribution in [0.15, 0.2) is 59.3 Å². The molecule has 0 aliphatic heterocycles. The molecule has 1 atom stereocenters. The van der Waals surface area contributed by atoms with Crippen molar-refractivity contribution in [1.82, 2.24) is 24.8 Å². The molecule has 3 aromatic heterocycles. The van der Waals surface area contributed by atoms with Gasteiger partial charge in [0.15, 0.2) is 5.16 Å². The Hall–Kier alpha value is -2.71. The molecule has 0 saturated carbocycles. The Morgan fingerprint density at radius 2 is 2.00 bits per heavy atom. The van der Waals surface area contributed by atoms with Gasteiger partial charge in [0.25, 0.3) is 0 Å². The lowest BCUT2D eigenvalue weighted by atomic mass is 10.2. The minimum Gasteiger partial charge on any atom is -0.346 e. The van der Waals surface area contributed by atoms with Crippen LogP contribution in [0.1, 0.15) is 24.9 Å². The molecule has 29 heavy (non-hydrogen) atoms. The Labute approximate surface area is 177 Å². The van der Waals surface area contributed by atoms with Gasteiger partial charge in [-0.15, -0.1) is 11.3 Å². The molecule has 1 aromatic carbocycles. The summed E-state index contributed by atoms with van der Waals surface area (Å²) in [6, 6.07) is 11.8. The highest BCUT2D eigenvalue weighted by atomic mass is 32.2. The highest BCUT2D eigenvalue weighted by Crippen LogP contribution is 2.26. The van der Waals surface area contributed by atoms with Gasteiger partial charge in [0.05, 0.1) is 28.5 Å². The minimum atomic E-state index is -0.145. The number of carbonyl (C=O) groups is 1. The van der Waals surface area contributed by atoms with Crippen molar-refractivity contribution in [3.8, 4) is 11.3 Å². The third-order valence-corrected chi connectivity index (χ3v) is 6.52. The van der Waals surface area contributed by atoms with Crippen LogP contribution in [0.3, 0.4) is 0 Å². The van der Waals surface area contributed by atoms with E-state index < -0.39 is 0 Å². The Bertz CT molecular complexity index is 1120. The molecule has 1 amide bonds. The molecule has 148 valence electrons. The molecule has 1 N–H and O–H groups in total. The van der Waals surface area contributed by atoms with Crippen molar-refractivity contribution in [2.45, 2.75) is 31.6 Å². The number of rotatable bonds is 7. The molecule has 0 fully saturated rings. The molecular weight excluding hydrogens is 402 g/mol. The second kappa shape index (κ2) is 8.75. The second-order valence-electron chi connectivity index (χ2n) is 6.51. The Morgan fingerprint density at radius 1 is 1.21 bits per heavy atom. The number of benzene rings is 1. The standard InChI is InChI=1S/C21H21N5OS2/c1-3-26-18-7-5-4-6-16(18)25-21(26)29-13-19(27)23-14(2)20-24-17(12-28-20)15-8-10-22-11-9-15/h4-12,14H,3,13H2,1-2H3,(H,23,27). The normalized spacial score (nSPS) is 12.2. The number of nitrogens with one attached hydrogen (secondary N) is 1. The van der Waals surface area contributed by atoms with Crippen LogP contribution in [0.2, 0.25) is 0 Å². The summed E-state index contributed by atoms with van der Waals surface area (Å²) in [6.45, 7) is 4.86. The summed E-state index contributed by atoms with van der Waals surface area (Å²) >= 11 is 3.01. The van der Waals surface area contributed by atoms with E-state index in [2.05, 4.69) is 37.8 Å². The molecule has 0 aliphatic carbocycles. The van der Waals surface area contributed by atoms with Crippen molar-refractivity contribution >= 4 is 40.0 Å². The summed E-state index contributed by atoms with van der Waals surface area (Å²) in [5.41, 5.74) is 3.98. The number of thioether (sulfide) groups is 1. The van der Waals surface area contributed by atoms with E-state index in [0.29, 0.717) is 5.75 Å². The molecule has 0 aliphatic rings. The Balaban J connectivity index is 1.38. The average Bonchev–Trinajstić information content (AvgIpc) is 3.37. The maximum Gasteiger partial charge on any atom is 0.231 e. The predicted octanol–water partition coefficient (Wildman–Crippen LogP) is 4.54. The first-order valence-corrected chi connectivity index (χ1v) is 11.3. The van der Waals surface area contributed by atoms with Crippen LogP contribution in [-0.4, -0.2) is 31.2 Å². The lowest BCUT2D eigenvalue weighted by Crippen LogP contribution is -2.28. The van der Waals surface area contributed by atoms with Crippen LogP contribution in [0.4, 0.5) is 0 Å². The molecule has 8 heteroatoms. The van der Waals surface area contributed by atoms with Gasteiger partial charge in [0.2, 0.25) is 5.91 Å². The topological polar surface area (TPSA) is 72.7 Å². The van der Waals surface area contributed by atoms with E-state index in [1.807, 2.05) is 42.6 Å². The smallest absolute Gasteiger partial charge is 0.231 e. The van der Waals surface area contributed by atoms with E-state index in [1.54, 1.807) is 23.7 Å². The highest BCUT2D eigenvalue weighted by Gasteiger charge is 2.16. The van der Waals surface area contributed by atoms with Gasteiger partial charge in [0.1, 0.15) is 5.01 Å². The largest absolute Gasteiger partial charge is 0.346 e. The number of imidazole rings is 1. The molecule has 4 aromatic rings. The molecule has 4 rings (SSSR count). The number of hydrogen-bond acceptors (Lipinski definition) is 6. The number of nitrogens with zero attached hydrogens (tertiary/aromatic N) is 4. The number of hydrogen-bond donors (Lipinski definition) is 1. The fourth-order valence-corrected chi connectivity index (χ4v) is 4.81. The number of aryl methyl sites for hydroxylation is 1. The van der Waals surface area contributed by atoms with Crippen molar-refractivity contribution in [2.75, 3.05) is 5.75 Å². The number of thiazole rings is 1. The number of aromatic nitrogens is 4. The van der Waals surface area contributed by atoms with Crippen LogP contribution < -0.4 is 5.32 Å². The summed E-state index contributed by atoms with van der Waals surface area (Å²) in [6.07, 6.45) is 3.50. The molecule has 1 unspecified atom stereocenters. The van der Waals surface area contributed by atoms with Gasteiger partial charge < -0.3 is 9.88 Å². The minimum absolute atomic E-state index is 0.0297. The third-order valence-electron chi connectivity index (χ3n) is 4.51. The van der Waals surface area contributed by atoms with Gasteiger partial charge in [-0.05, 0) is 38.1 Å². The van der Waals surface area contributed by atoms with Crippen LogP contribution >= 0.6 is 23.1 Å². The summed E-state index contributed by atoms with van der Waals surface area (Å²) in [4.78, 5) is 25.8. The summed E-state index contributed by atoms with van der Waals surface area (Å²) in [7, 11) is 0. The molecule has 0 radical (unpaired) electrons. The third kappa shape index (κ3) is 4.33. The van der Waals surface area contributed by atoms with Crippen molar-refractivity contribution in [2.24, 2.45) is 0 Å². The zero-order valence-corrected chi connectivity index (χ0v) is 17.8. The summed E-state index contributed by atoms with van der Waals surface area (Å²) in [5.74, 6) is 0.286. The zero-order valence-electron chi connectivity index (χ0n) is 16.2. The van der Waals surface area contributed by atoms with Crippen molar-refractivity contribution in [3.05, 3.63) is 59.2 Å². The van der Waals surface area contributed by atoms with E-state index in [1.165, 1.54) is 11.8 Å². The van der Waals surface area contributed by atoms with E-state index in [9.17, 15) is 4.79 Å². The fraction of sp³-hybridized carbons (Fsp3) is 0.238. The first-order valence-electron chi connectivity index (χ1n) is 9.39. The maximum absolute atomic E-state index is 12.5. The predicted molar refractivity (Wildman–Crippen MR) is 118 cm³/mol. The van der Waals surface area contributed by atoms with Gasteiger partial charge in [-0.25, -0.2) is 9.97 Å². The van der Waals surface area contributed by atoms with Crippen LogP contribution in [0, 0.1) is 0 Å². The van der Waals surface area contributed by atoms with Crippen molar-refractivity contribution in [1.29, 1.82) is 0 Å². The van der Waals surface area contributed by atoms with Crippen molar-refractivity contribution < 1.29 is 4.79 Å². The molecule has 3 heterocycles. The van der Waals surface area contributed by atoms with Gasteiger partial charge in [-0.2, -0.15) is 0 Å². The molecular formula is C21H21N5OS2. The van der Waals surface area contributed by atoms with Crippen LogP contribution in [0.25, 0.3) is 22.3 Å². The lowest BCUT2D eigenvalue weighted by Gasteiger charge is -2.11. The zero-order chi connectivity index (χ0) is 20.2. The van der Waals surface area contributed by atoms with Gasteiger partial charge >= 0.3 is 0 Å². The average molecular weight is 424 g/mol. The number of pyridine rings is 1. The van der Waals surface area contributed by atoms with Crippen molar-refractivity contribution in [3.63, 3.8) is 0 Å². The van der Waals surface area contributed by atoms with E-state index in [-0.39, 0.29) is 11.9 Å². The number of amides is 1. The molecule has 0 bridgehead atoms. The van der Waals surface area contributed by atoms with Crippen LogP contribution in [-0.2, 0) is 11.3 Å². The number of para-hydroxylation sites is 2. The molecule has 6 nitrogen and oxygen atoms in total. The quantitative estimate of drug-likeness (QED) is 0.442. The summed E-state index contributed by atoms with van der Waals surface area (Å²) < 4.78 is 2.14. The second-order valence-corrected chi connectivity index (χ2v) is 8.34.